The molecule has 3 amide bonds. The molecule has 1 aliphatic rings. The van der Waals surface area contributed by atoms with Crippen LogP contribution in [0.4, 0.5) is 0 Å². The van der Waals surface area contributed by atoms with Gasteiger partial charge in [0.2, 0.25) is 11.8 Å². The summed E-state index contributed by atoms with van der Waals surface area (Å²) in [6.45, 7) is 4.46. The van der Waals surface area contributed by atoms with Gasteiger partial charge in [-0.05, 0) is 77.2 Å². The number of benzene rings is 2. The van der Waals surface area contributed by atoms with Crippen molar-refractivity contribution in [3.05, 3.63) is 90.4 Å². The van der Waals surface area contributed by atoms with Gasteiger partial charge in [-0.25, -0.2) is 4.98 Å². The molecule has 0 saturated heterocycles. The average Bonchev–Trinajstić information content (AvgIpc) is 3.64. The summed E-state index contributed by atoms with van der Waals surface area (Å²) in [6.07, 6.45) is 9.01. The number of carbonyl (C=O) groups excluding carboxylic acids is 3. The number of hydrogen-bond donors (Lipinski definition) is 5. The van der Waals surface area contributed by atoms with Crippen LogP contribution in [0, 0.1) is 11.8 Å². The minimum absolute atomic E-state index is 0.00441. The van der Waals surface area contributed by atoms with Crippen LogP contribution in [0.1, 0.15) is 68.4 Å². The molecule has 2 aromatic carbocycles. The van der Waals surface area contributed by atoms with Gasteiger partial charge in [-0.3, -0.25) is 19.4 Å². The van der Waals surface area contributed by atoms with Gasteiger partial charge in [-0.1, -0.05) is 69.5 Å². The third-order valence-electron chi connectivity index (χ3n) is 8.57. The molecule has 0 radical (unpaired) electrons. The zero-order chi connectivity index (χ0) is 33.8. The van der Waals surface area contributed by atoms with E-state index >= 15 is 0 Å². The highest BCUT2D eigenvalue weighted by Gasteiger charge is 2.31. The number of amides is 3. The Morgan fingerprint density at radius 1 is 0.957 bits per heavy atom. The van der Waals surface area contributed by atoms with E-state index in [0.29, 0.717) is 30.0 Å². The number of fused-ring (bicyclic) bond motifs is 1. The van der Waals surface area contributed by atoms with Crippen LogP contribution in [-0.2, 0) is 16.1 Å². The maximum Gasteiger partial charge on any atom is 0.488 e. The number of aromatic nitrogens is 2. The molecule has 47 heavy (non-hydrogen) atoms. The molecular formula is C36H44BN5O5. The lowest BCUT2D eigenvalue weighted by molar-refractivity contribution is -0.124. The number of likely N-dealkylation sites (N-methyl/N-ethyl adjacent to an activating group) is 1. The summed E-state index contributed by atoms with van der Waals surface area (Å²) in [4.78, 5) is 45.0. The Kier molecular flexibility index (Phi) is 13.0. The van der Waals surface area contributed by atoms with Crippen LogP contribution in [0.3, 0.4) is 0 Å². The molecule has 11 heteroatoms. The van der Waals surface area contributed by atoms with Crippen molar-refractivity contribution < 1.29 is 24.4 Å². The van der Waals surface area contributed by atoms with Crippen LogP contribution in [0.15, 0.2) is 79.1 Å². The summed E-state index contributed by atoms with van der Waals surface area (Å²) < 4.78 is 0. The van der Waals surface area contributed by atoms with Crippen LogP contribution in [-0.4, -0.2) is 57.9 Å². The number of para-hydroxylation sites is 1. The minimum Gasteiger partial charge on any atom is -0.423 e. The van der Waals surface area contributed by atoms with Gasteiger partial charge >= 0.3 is 7.12 Å². The van der Waals surface area contributed by atoms with Gasteiger partial charge in [-0.2, -0.15) is 0 Å². The Hall–Kier alpha value is -4.61. The van der Waals surface area contributed by atoms with Gasteiger partial charge in [0.1, 0.15) is 11.7 Å². The van der Waals surface area contributed by atoms with Crippen LogP contribution in [0.25, 0.3) is 22.0 Å². The van der Waals surface area contributed by atoms with Gasteiger partial charge in [0, 0.05) is 37.8 Å². The quantitative estimate of drug-likeness (QED) is 0.157. The minimum atomic E-state index is -1.55. The highest BCUT2D eigenvalue weighted by molar-refractivity contribution is 6.58. The molecule has 4 aromatic rings. The molecule has 2 unspecified atom stereocenters. The zero-order valence-corrected chi connectivity index (χ0v) is 27.3. The molecule has 2 heterocycles. The molecule has 2 aromatic heterocycles. The van der Waals surface area contributed by atoms with Crippen LogP contribution in [0.5, 0.6) is 0 Å². The molecule has 0 spiro atoms. The third-order valence-corrected chi connectivity index (χ3v) is 8.57. The molecular weight excluding hydrogens is 593 g/mol. The molecule has 2 atom stereocenters. The molecule has 1 fully saturated rings. The molecule has 5 rings (SSSR count). The second kappa shape index (κ2) is 17.4. The monoisotopic (exact) mass is 637 g/mol. The Labute approximate surface area is 276 Å². The van der Waals surface area contributed by atoms with Crippen molar-refractivity contribution in [2.24, 2.45) is 11.8 Å². The van der Waals surface area contributed by atoms with E-state index in [0.717, 1.165) is 59.7 Å². The van der Waals surface area contributed by atoms with Crippen LogP contribution in [0.2, 0.25) is 0 Å². The van der Waals surface area contributed by atoms with Crippen molar-refractivity contribution >= 4 is 41.2 Å². The summed E-state index contributed by atoms with van der Waals surface area (Å²) >= 11 is 0. The largest absolute Gasteiger partial charge is 0.488 e. The molecule has 0 aliphatic heterocycles. The van der Waals surface area contributed by atoms with E-state index in [-0.39, 0.29) is 23.6 Å². The normalized spacial score (nSPS) is 14.0. The van der Waals surface area contributed by atoms with E-state index in [1.54, 1.807) is 37.6 Å². The SMILES string of the molecule is CCC(C)CC(=O)NCc1cc(B(O)O)cc(-c2ccncc2)c1.CNC(=O)C(NC(=O)c1ccc2ccccc2n1)C1CCCC1. The van der Waals surface area contributed by atoms with E-state index in [2.05, 4.69) is 32.8 Å². The number of pyridine rings is 2. The lowest BCUT2D eigenvalue weighted by Crippen LogP contribution is -2.49. The van der Waals surface area contributed by atoms with Crippen LogP contribution < -0.4 is 21.4 Å². The van der Waals surface area contributed by atoms with Gasteiger partial charge < -0.3 is 26.0 Å². The Balaban J connectivity index is 0.000000213. The zero-order valence-electron chi connectivity index (χ0n) is 27.3. The lowest BCUT2D eigenvalue weighted by atomic mass is 9.78. The Bertz CT molecular complexity index is 1650. The second-order valence-corrected chi connectivity index (χ2v) is 12.1. The first kappa shape index (κ1) is 35.3. The van der Waals surface area contributed by atoms with Gasteiger partial charge in [0.15, 0.2) is 0 Å². The first-order valence-electron chi connectivity index (χ1n) is 16.2. The smallest absolute Gasteiger partial charge is 0.423 e. The number of nitrogens with one attached hydrogen (secondary N) is 3. The van der Waals surface area contributed by atoms with E-state index in [4.69, 9.17) is 0 Å². The first-order chi connectivity index (χ1) is 22.7. The standard InChI is InChI=1S/C18H23BN2O3.C18H21N3O2/c1-3-13(2)8-18(22)21-12-14-9-16(11-17(10-14)19(23)24)15-4-6-20-7-5-15;1-19-18(23)16(13-7-2-3-8-13)21-17(22)15-11-10-12-6-4-5-9-14(12)20-15/h4-7,9-11,13,23-24H,3,8,12H2,1-2H3,(H,21,22);4-6,9-11,13,16H,2-3,7-8H2,1H3,(H,19,23)(H,21,22). The van der Waals surface area contributed by atoms with Crippen molar-refractivity contribution in [1.82, 2.24) is 25.9 Å². The van der Waals surface area contributed by atoms with E-state index in [1.807, 2.05) is 55.5 Å². The van der Waals surface area contributed by atoms with Gasteiger partial charge in [-0.15, -0.1) is 0 Å². The third kappa shape index (κ3) is 10.2. The molecule has 1 aliphatic carbocycles. The fourth-order valence-electron chi connectivity index (χ4n) is 5.67. The topological polar surface area (TPSA) is 154 Å². The summed E-state index contributed by atoms with van der Waals surface area (Å²) in [6, 6.07) is 19.8. The van der Waals surface area contributed by atoms with Crippen molar-refractivity contribution in [1.29, 1.82) is 0 Å². The maximum absolute atomic E-state index is 12.5. The van der Waals surface area contributed by atoms with Crippen molar-refractivity contribution in [2.45, 2.75) is 65.0 Å². The van der Waals surface area contributed by atoms with E-state index < -0.39 is 13.2 Å². The van der Waals surface area contributed by atoms with Gasteiger partial charge in [0.25, 0.3) is 5.91 Å². The molecule has 5 N–H and O–H groups in total. The first-order valence-corrected chi connectivity index (χ1v) is 16.2. The van der Waals surface area contributed by atoms with Gasteiger partial charge in [0.05, 0.1) is 5.52 Å². The highest BCUT2D eigenvalue weighted by Crippen LogP contribution is 2.28. The highest BCUT2D eigenvalue weighted by atomic mass is 16.4. The van der Waals surface area contributed by atoms with E-state index in [9.17, 15) is 24.4 Å². The predicted octanol–water partition coefficient (Wildman–Crippen LogP) is 3.75. The summed E-state index contributed by atoms with van der Waals surface area (Å²) in [5.41, 5.74) is 4.13. The van der Waals surface area contributed by atoms with Crippen molar-refractivity contribution in [3.63, 3.8) is 0 Å². The van der Waals surface area contributed by atoms with Crippen molar-refractivity contribution in [2.75, 3.05) is 7.05 Å². The number of carbonyl (C=O) groups is 3. The molecule has 1 saturated carbocycles. The van der Waals surface area contributed by atoms with Crippen molar-refractivity contribution in [3.8, 4) is 11.1 Å². The molecule has 0 bridgehead atoms. The number of rotatable bonds is 11. The summed E-state index contributed by atoms with van der Waals surface area (Å²) in [5.74, 6) is 0.134. The molecule has 10 nitrogen and oxygen atoms in total. The average molecular weight is 638 g/mol. The lowest BCUT2D eigenvalue weighted by Gasteiger charge is -2.23. The fraction of sp³-hybridized carbons (Fsp3) is 0.361. The summed E-state index contributed by atoms with van der Waals surface area (Å²) in [7, 11) is 0.0476. The number of nitrogens with zero attached hydrogens (tertiary/aromatic N) is 2. The Morgan fingerprint density at radius 3 is 2.36 bits per heavy atom. The second-order valence-electron chi connectivity index (χ2n) is 12.1. The number of hydrogen-bond acceptors (Lipinski definition) is 7. The fourth-order valence-corrected chi connectivity index (χ4v) is 5.67. The Morgan fingerprint density at radius 2 is 1.68 bits per heavy atom. The summed E-state index contributed by atoms with van der Waals surface area (Å²) in [5, 5.41) is 28.4. The maximum atomic E-state index is 12.5. The molecule has 246 valence electrons. The predicted molar refractivity (Wildman–Crippen MR) is 184 cm³/mol. The van der Waals surface area contributed by atoms with E-state index in [1.165, 1.54) is 0 Å². The van der Waals surface area contributed by atoms with Crippen LogP contribution >= 0.6 is 0 Å².